The van der Waals surface area contributed by atoms with E-state index < -0.39 is 0 Å². The Morgan fingerprint density at radius 2 is 1.73 bits per heavy atom. The third-order valence-corrected chi connectivity index (χ3v) is 3.04. The second-order valence-electron chi connectivity index (χ2n) is 4.53. The third-order valence-electron chi connectivity index (χ3n) is 3.04. The lowest BCUT2D eigenvalue weighted by molar-refractivity contribution is 0.0798. The van der Waals surface area contributed by atoms with Gasteiger partial charge in [-0.2, -0.15) is 0 Å². The molecule has 0 radical (unpaired) electrons. The first-order valence-electron chi connectivity index (χ1n) is 6.39. The number of methoxy groups -OCH3 is 1. The van der Waals surface area contributed by atoms with Gasteiger partial charge < -0.3 is 9.84 Å². The molecule has 2 nitrogen and oxygen atoms in total. The van der Waals surface area contributed by atoms with Crippen molar-refractivity contribution in [3.8, 4) is 0 Å². The fourth-order valence-electron chi connectivity index (χ4n) is 1.74. The fourth-order valence-corrected chi connectivity index (χ4v) is 1.74. The molecule has 0 aromatic carbocycles. The average Bonchev–Trinajstić information content (AvgIpc) is 2.25. The van der Waals surface area contributed by atoms with Crippen molar-refractivity contribution >= 4 is 0 Å². The largest absolute Gasteiger partial charge is 0.393 e. The van der Waals surface area contributed by atoms with Crippen LogP contribution in [0.5, 0.6) is 0 Å². The Hall–Kier alpha value is -0.0800. The summed E-state index contributed by atoms with van der Waals surface area (Å²) in [5.41, 5.74) is 0. The lowest BCUT2D eigenvalue weighted by Gasteiger charge is -2.18. The van der Waals surface area contributed by atoms with Gasteiger partial charge >= 0.3 is 0 Å². The maximum absolute atomic E-state index is 9.85. The van der Waals surface area contributed by atoms with E-state index >= 15 is 0 Å². The molecule has 0 aromatic rings. The molecule has 15 heavy (non-hydrogen) atoms. The molecule has 92 valence electrons. The van der Waals surface area contributed by atoms with E-state index in [0.717, 1.165) is 19.4 Å². The molecule has 0 aliphatic carbocycles. The van der Waals surface area contributed by atoms with Crippen LogP contribution in [0.2, 0.25) is 0 Å². The Labute approximate surface area is 95.0 Å². The van der Waals surface area contributed by atoms with Crippen LogP contribution in [0.3, 0.4) is 0 Å². The predicted molar refractivity (Wildman–Crippen MR) is 65.0 cm³/mol. The molecule has 2 unspecified atom stereocenters. The number of rotatable bonds is 10. The van der Waals surface area contributed by atoms with Crippen molar-refractivity contribution in [2.75, 3.05) is 13.7 Å². The van der Waals surface area contributed by atoms with Crippen molar-refractivity contribution in [1.82, 2.24) is 0 Å². The summed E-state index contributed by atoms with van der Waals surface area (Å²) in [7, 11) is 1.71. The summed E-state index contributed by atoms with van der Waals surface area (Å²) < 4.78 is 5.01. The van der Waals surface area contributed by atoms with E-state index in [4.69, 9.17) is 4.74 Å². The lowest BCUT2D eigenvalue weighted by Crippen LogP contribution is -2.18. The molecule has 0 heterocycles. The lowest BCUT2D eigenvalue weighted by atomic mass is 9.96. The van der Waals surface area contributed by atoms with Gasteiger partial charge in [0, 0.05) is 13.7 Å². The number of unbranched alkanes of at least 4 members (excludes halogenated alkanes) is 4. The summed E-state index contributed by atoms with van der Waals surface area (Å²) in [6.45, 7) is 5.09. The Bertz CT molecular complexity index is 126. The van der Waals surface area contributed by atoms with Gasteiger partial charge in [-0.25, -0.2) is 0 Å². The second kappa shape index (κ2) is 10.4. The van der Waals surface area contributed by atoms with Crippen molar-refractivity contribution in [3.63, 3.8) is 0 Å². The number of hydrogen-bond acceptors (Lipinski definition) is 2. The van der Waals surface area contributed by atoms with Gasteiger partial charge in [-0.05, 0) is 18.8 Å². The monoisotopic (exact) mass is 216 g/mol. The van der Waals surface area contributed by atoms with Gasteiger partial charge in [-0.3, -0.25) is 0 Å². The van der Waals surface area contributed by atoms with Gasteiger partial charge in [0.2, 0.25) is 0 Å². The highest BCUT2D eigenvalue weighted by Crippen LogP contribution is 2.15. The van der Waals surface area contributed by atoms with Crippen molar-refractivity contribution < 1.29 is 9.84 Å². The van der Waals surface area contributed by atoms with Crippen LogP contribution in [0.1, 0.15) is 58.8 Å². The highest BCUT2D eigenvalue weighted by atomic mass is 16.5. The van der Waals surface area contributed by atoms with E-state index in [2.05, 4.69) is 13.8 Å². The molecule has 0 saturated heterocycles. The highest BCUT2D eigenvalue weighted by Gasteiger charge is 2.12. The maximum atomic E-state index is 9.85. The van der Waals surface area contributed by atoms with E-state index in [0.29, 0.717) is 5.92 Å². The highest BCUT2D eigenvalue weighted by molar-refractivity contribution is 4.64. The molecular formula is C13H28O2. The molecule has 2 heteroatoms. The van der Waals surface area contributed by atoms with Gasteiger partial charge in [-0.15, -0.1) is 0 Å². The van der Waals surface area contributed by atoms with Gasteiger partial charge in [0.15, 0.2) is 0 Å². The summed E-state index contributed by atoms with van der Waals surface area (Å²) in [6.07, 6.45) is 8.14. The molecule has 0 bridgehead atoms. The summed E-state index contributed by atoms with van der Waals surface area (Å²) in [5.74, 6) is 0.371. The van der Waals surface area contributed by atoms with Gasteiger partial charge in [0.1, 0.15) is 0 Å². The molecule has 1 N–H and O–H groups in total. The van der Waals surface area contributed by atoms with Crippen LogP contribution >= 0.6 is 0 Å². The Balaban J connectivity index is 3.34. The Morgan fingerprint density at radius 3 is 2.33 bits per heavy atom. The molecule has 0 spiro atoms. The number of aliphatic hydroxyl groups is 1. The van der Waals surface area contributed by atoms with Crippen molar-refractivity contribution in [2.45, 2.75) is 64.9 Å². The van der Waals surface area contributed by atoms with Gasteiger partial charge in [0.25, 0.3) is 0 Å². The molecule has 0 saturated carbocycles. The van der Waals surface area contributed by atoms with Crippen molar-refractivity contribution in [1.29, 1.82) is 0 Å². The molecule has 0 rings (SSSR count). The molecular weight excluding hydrogens is 188 g/mol. The second-order valence-corrected chi connectivity index (χ2v) is 4.53. The topological polar surface area (TPSA) is 29.5 Å². The first-order chi connectivity index (χ1) is 7.22. The molecule has 0 aliphatic heterocycles. The minimum absolute atomic E-state index is 0.137. The maximum Gasteiger partial charge on any atom is 0.0566 e. The minimum Gasteiger partial charge on any atom is -0.393 e. The van der Waals surface area contributed by atoms with E-state index in [1.807, 2.05) is 0 Å². The van der Waals surface area contributed by atoms with E-state index in [9.17, 15) is 5.11 Å². The minimum atomic E-state index is -0.137. The molecule has 2 atom stereocenters. The summed E-state index contributed by atoms with van der Waals surface area (Å²) in [5, 5.41) is 9.85. The molecule has 0 aliphatic rings. The number of aliphatic hydroxyl groups excluding tert-OH is 1. The molecule has 0 amide bonds. The van der Waals surface area contributed by atoms with Crippen LogP contribution in [-0.2, 0) is 4.74 Å². The third kappa shape index (κ3) is 8.88. The SMILES string of the molecule is CCCCCCCC(O)C(C)CCOC. The van der Waals surface area contributed by atoms with Crippen molar-refractivity contribution in [2.24, 2.45) is 5.92 Å². The summed E-state index contributed by atoms with van der Waals surface area (Å²) in [4.78, 5) is 0. The normalized spacial score (nSPS) is 15.2. The zero-order chi connectivity index (χ0) is 11.5. The smallest absolute Gasteiger partial charge is 0.0566 e. The van der Waals surface area contributed by atoms with E-state index in [-0.39, 0.29) is 6.10 Å². The van der Waals surface area contributed by atoms with Crippen LogP contribution < -0.4 is 0 Å². The summed E-state index contributed by atoms with van der Waals surface area (Å²) >= 11 is 0. The Kier molecular flexibility index (Phi) is 10.4. The van der Waals surface area contributed by atoms with Gasteiger partial charge in [-0.1, -0.05) is 46.0 Å². The van der Waals surface area contributed by atoms with Crippen molar-refractivity contribution in [3.05, 3.63) is 0 Å². The summed E-state index contributed by atoms with van der Waals surface area (Å²) in [6, 6.07) is 0. The zero-order valence-electron chi connectivity index (χ0n) is 10.7. The fraction of sp³-hybridized carbons (Fsp3) is 1.00. The quantitative estimate of drug-likeness (QED) is 0.567. The van der Waals surface area contributed by atoms with Crippen LogP contribution in [-0.4, -0.2) is 24.9 Å². The van der Waals surface area contributed by atoms with E-state index in [1.54, 1.807) is 7.11 Å². The van der Waals surface area contributed by atoms with Crippen LogP contribution in [0, 0.1) is 5.92 Å². The van der Waals surface area contributed by atoms with Crippen LogP contribution in [0.4, 0.5) is 0 Å². The first kappa shape index (κ1) is 14.9. The molecule has 0 fully saturated rings. The number of hydrogen-bond donors (Lipinski definition) is 1. The number of ether oxygens (including phenoxy) is 1. The molecule has 0 aromatic heterocycles. The Morgan fingerprint density at radius 1 is 1.07 bits per heavy atom. The first-order valence-corrected chi connectivity index (χ1v) is 6.39. The zero-order valence-corrected chi connectivity index (χ0v) is 10.7. The predicted octanol–water partition coefficient (Wildman–Crippen LogP) is 3.38. The standard InChI is InChI=1S/C13H28O2/c1-4-5-6-7-8-9-13(14)12(2)10-11-15-3/h12-14H,4-11H2,1-3H3. The van der Waals surface area contributed by atoms with Crippen LogP contribution in [0.15, 0.2) is 0 Å². The van der Waals surface area contributed by atoms with Gasteiger partial charge in [0.05, 0.1) is 6.10 Å². The van der Waals surface area contributed by atoms with Crippen LogP contribution in [0.25, 0.3) is 0 Å². The van der Waals surface area contributed by atoms with E-state index in [1.165, 1.54) is 32.1 Å². The average molecular weight is 216 g/mol.